The van der Waals surface area contributed by atoms with Crippen molar-refractivity contribution in [3.05, 3.63) is 54.1 Å². The minimum atomic E-state index is -1.33. The Morgan fingerprint density at radius 3 is 2.21 bits per heavy atom. The zero-order chi connectivity index (χ0) is 13.9. The molecule has 0 bridgehead atoms. The van der Waals surface area contributed by atoms with Gasteiger partial charge in [-0.15, -0.1) is 0 Å². The van der Waals surface area contributed by atoms with Gasteiger partial charge in [0.05, 0.1) is 0 Å². The Hall–Kier alpha value is -1.74. The standard InChI is InChI=1S/C16H21NOSi/c1-13-8-10-15(11-9-13)18-16-7-5-6-14(12-16)17-19(2,3)4/h5-12,17H,1-4H3. The third-order valence-corrected chi connectivity index (χ3v) is 3.65. The molecule has 0 spiro atoms. The molecule has 0 amide bonds. The highest BCUT2D eigenvalue weighted by molar-refractivity contribution is 6.79. The van der Waals surface area contributed by atoms with Crippen LogP contribution in [0.15, 0.2) is 48.5 Å². The van der Waals surface area contributed by atoms with E-state index in [2.05, 4.69) is 55.8 Å². The van der Waals surface area contributed by atoms with Crippen molar-refractivity contribution < 1.29 is 4.74 Å². The van der Waals surface area contributed by atoms with Crippen LogP contribution in [0, 0.1) is 6.92 Å². The van der Waals surface area contributed by atoms with Gasteiger partial charge in [-0.05, 0) is 31.2 Å². The van der Waals surface area contributed by atoms with Crippen LogP contribution in [0.4, 0.5) is 5.69 Å². The number of nitrogens with one attached hydrogen (secondary N) is 1. The first kappa shape index (κ1) is 13.7. The monoisotopic (exact) mass is 271 g/mol. The fraction of sp³-hybridized carbons (Fsp3) is 0.250. The maximum atomic E-state index is 5.86. The second-order valence-corrected chi connectivity index (χ2v) is 10.6. The van der Waals surface area contributed by atoms with Gasteiger partial charge < -0.3 is 9.72 Å². The summed E-state index contributed by atoms with van der Waals surface area (Å²) in [5, 5.41) is 0. The Bertz CT molecular complexity index is 543. The molecule has 0 fully saturated rings. The minimum absolute atomic E-state index is 0.868. The molecular formula is C16H21NOSi. The van der Waals surface area contributed by atoms with Crippen molar-refractivity contribution >= 4 is 13.9 Å². The Balaban J connectivity index is 2.13. The molecule has 0 heterocycles. The van der Waals surface area contributed by atoms with Crippen LogP contribution in [0.3, 0.4) is 0 Å². The van der Waals surface area contributed by atoms with Crippen molar-refractivity contribution in [2.24, 2.45) is 0 Å². The predicted octanol–water partition coefficient (Wildman–Crippen LogP) is 5.03. The molecule has 2 aromatic rings. The molecule has 0 aliphatic carbocycles. The summed E-state index contributed by atoms with van der Waals surface area (Å²) in [4.78, 5) is 3.58. The van der Waals surface area contributed by atoms with E-state index in [0.29, 0.717) is 0 Å². The number of ether oxygens (including phenoxy) is 1. The van der Waals surface area contributed by atoms with E-state index in [-0.39, 0.29) is 0 Å². The highest BCUT2D eigenvalue weighted by Gasteiger charge is 2.12. The van der Waals surface area contributed by atoms with Gasteiger partial charge in [0.1, 0.15) is 19.7 Å². The van der Waals surface area contributed by atoms with Crippen LogP contribution in [-0.4, -0.2) is 8.24 Å². The van der Waals surface area contributed by atoms with Crippen LogP contribution in [0.25, 0.3) is 0 Å². The van der Waals surface area contributed by atoms with E-state index in [1.165, 1.54) is 5.56 Å². The summed E-state index contributed by atoms with van der Waals surface area (Å²) in [7, 11) is -1.33. The molecule has 3 heteroatoms. The molecule has 0 aromatic heterocycles. The first-order chi connectivity index (χ1) is 8.92. The number of benzene rings is 2. The first-order valence-corrected chi connectivity index (χ1v) is 10.1. The predicted molar refractivity (Wildman–Crippen MR) is 84.7 cm³/mol. The average Bonchev–Trinajstić information content (AvgIpc) is 2.30. The molecule has 0 aliphatic heterocycles. The molecule has 0 unspecified atom stereocenters. The Morgan fingerprint density at radius 2 is 1.58 bits per heavy atom. The Kier molecular flexibility index (Phi) is 3.95. The van der Waals surface area contributed by atoms with Crippen molar-refractivity contribution in [2.45, 2.75) is 26.6 Å². The Labute approximate surface area is 116 Å². The molecule has 19 heavy (non-hydrogen) atoms. The second-order valence-electron chi connectivity index (χ2n) is 5.82. The molecule has 0 saturated heterocycles. The zero-order valence-electron chi connectivity index (χ0n) is 12.0. The second kappa shape index (κ2) is 5.49. The van der Waals surface area contributed by atoms with Gasteiger partial charge in [0.15, 0.2) is 0 Å². The molecule has 2 aromatic carbocycles. The molecular weight excluding hydrogens is 250 g/mol. The molecule has 0 radical (unpaired) electrons. The fourth-order valence-corrected chi connectivity index (χ4v) is 2.83. The summed E-state index contributed by atoms with van der Waals surface area (Å²) >= 11 is 0. The van der Waals surface area contributed by atoms with Gasteiger partial charge in [-0.2, -0.15) is 0 Å². The van der Waals surface area contributed by atoms with E-state index < -0.39 is 8.24 Å². The first-order valence-electron chi connectivity index (χ1n) is 6.55. The highest BCUT2D eigenvalue weighted by atomic mass is 28.3. The lowest BCUT2D eigenvalue weighted by molar-refractivity contribution is 0.483. The van der Waals surface area contributed by atoms with Crippen LogP contribution in [0.5, 0.6) is 11.5 Å². The number of hydrogen-bond acceptors (Lipinski definition) is 2. The maximum Gasteiger partial charge on any atom is 0.144 e. The normalized spacial score (nSPS) is 11.2. The van der Waals surface area contributed by atoms with Crippen LogP contribution >= 0.6 is 0 Å². The molecule has 2 nitrogen and oxygen atoms in total. The van der Waals surface area contributed by atoms with Crippen molar-refractivity contribution in [2.75, 3.05) is 4.98 Å². The lowest BCUT2D eigenvalue weighted by atomic mass is 10.2. The van der Waals surface area contributed by atoms with E-state index in [4.69, 9.17) is 4.74 Å². The van der Waals surface area contributed by atoms with Gasteiger partial charge in [0.2, 0.25) is 0 Å². The third-order valence-electron chi connectivity index (χ3n) is 2.61. The smallest absolute Gasteiger partial charge is 0.144 e. The molecule has 0 saturated carbocycles. The van der Waals surface area contributed by atoms with Gasteiger partial charge in [0.25, 0.3) is 0 Å². The zero-order valence-corrected chi connectivity index (χ0v) is 13.0. The Morgan fingerprint density at radius 1 is 0.895 bits per heavy atom. The quantitative estimate of drug-likeness (QED) is 0.787. The van der Waals surface area contributed by atoms with E-state index in [9.17, 15) is 0 Å². The fourth-order valence-electron chi connectivity index (χ4n) is 1.81. The lowest BCUT2D eigenvalue weighted by Gasteiger charge is -2.20. The lowest BCUT2D eigenvalue weighted by Crippen LogP contribution is -2.32. The number of anilines is 1. The highest BCUT2D eigenvalue weighted by Crippen LogP contribution is 2.25. The minimum Gasteiger partial charge on any atom is -0.457 e. The van der Waals surface area contributed by atoms with Gasteiger partial charge in [-0.1, -0.05) is 43.4 Å². The van der Waals surface area contributed by atoms with E-state index in [0.717, 1.165) is 17.2 Å². The summed E-state index contributed by atoms with van der Waals surface area (Å²) in [5.41, 5.74) is 2.37. The number of rotatable bonds is 4. The van der Waals surface area contributed by atoms with Gasteiger partial charge >= 0.3 is 0 Å². The average molecular weight is 271 g/mol. The largest absolute Gasteiger partial charge is 0.457 e. The summed E-state index contributed by atoms with van der Waals surface area (Å²) in [6.07, 6.45) is 0. The van der Waals surface area contributed by atoms with E-state index in [1.54, 1.807) is 0 Å². The van der Waals surface area contributed by atoms with E-state index in [1.807, 2.05) is 24.3 Å². The molecule has 100 valence electrons. The van der Waals surface area contributed by atoms with Gasteiger partial charge in [-0.3, -0.25) is 0 Å². The molecule has 2 rings (SSSR count). The SMILES string of the molecule is Cc1ccc(Oc2cccc(N[Si](C)(C)C)c2)cc1. The number of aryl methyl sites for hydroxylation is 1. The van der Waals surface area contributed by atoms with Crippen LogP contribution in [0.1, 0.15) is 5.56 Å². The van der Waals surface area contributed by atoms with Crippen molar-refractivity contribution in [3.63, 3.8) is 0 Å². The topological polar surface area (TPSA) is 21.3 Å². The van der Waals surface area contributed by atoms with Gasteiger partial charge in [-0.25, -0.2) is 0 Å². The number of hydrogen-bond donors (Lipinski definition) is 1. The van der Waals surface area contributed by atoms with Gasteiger partial charge in [0, 0.05) is 11.8 Å². The van der Waals surface area contributed by atoms with Crippen molar-refractivity contribution in [1.82, 2.24) is 0 Å². The summed E-state index contributed by atoms with van der Waals surface area (Å²) in [6.45, 7) is 8.91. The summed E-state index contributed by atoms with van der Waals surface area (Å²) in [6, 6.07) is 16.2. The van der Waals surface area contributed by atoms with E-state index >= 15 is 0 Å². The van der Waals surface area contributed by atoms with Crippen LogP contribution in [-0.2, 0) is 0 Å². The summed E-state index contributed by atoms with van der Waals surface area (Å²) in [5.74, 6) is 1.74. The maximum absolute atomic E-state index is 5.86. The molecule has 0 atom stereocenters. The third kappa shape index (κ3) is 4.45. The van der Waals surface area contributed by atoms with Crippen molar-refractivity contribution in [3.8, 4) is 11.5 Å². The van der Waals surface area contributed by atoms with Crippen LogP contribution in [0.2, 0.25) is 19.6 Å². The summed E-state index contributed by atoms with van der Waals surface area (Å²) < 4.78 is 5.86. The molecule has 1 N–H and O–H groups in total. The van der Waals surface area contributed by atoms with Crippen LogP contribution < -0.4 is 9.72 Å². The van der Waals surface area contributed by atoms with Crippen molar-refractivity contribution in [1.29, 1.82) is 0 Å². The molecule has 0 aliphatic rings.